The first-order valence-corrected chi connectivity index (χ1v) is 4.19. The van der Waals surface area contributed by atoms with Crippen molar-refractivity contribution in [2.24, 2.45) is 5.10 Å². The molecule has 0 saturated heterocycles. The zero-order chi connectivity index (χ0) is 9.90. The molecule has 13 heavy (non-hydrogen) atoms. The van der Waals surface area contributed by atoms with E-state index in [-0.39, 0.29) is 0 Å². The molecule has 1 atom stereocenters. The summed E-state index contributed by atoms with van der Waals surface area (Å²) in [4.78, 5) is 0.294. The van der Waals surface area contributed by atoms with Crippen LogP contribution in [0.25, 0.3) is 0 Å². The summed E-state index contributed by atoms with van der Waals surface area (Å²) < 4.78 is 36.7. The highest BCUT2D eigenvalue weighted by atomic mass is 19.4. The summed E-state index contributed by atoms with van der Waals surface area (Å²) in [5, 5.41) is 3.40. The Kier molecular flexibility index (Phi) is 3.00. The largest absolute Gasteiger partial charge is 0.487 e. The van der Waals surface area contributed by atoms with Gasteiger partial charge in [0.2, 0.25) is 0 Å². The zero-order valence-corrected chi connectivity index (χ0v) is 7.30. The smallest absolute Gasteiger partial charge is 0.286 e. The highest BCUT2D eigenvalue weighted by molar-refractivity contribution is 5.57. The normalized spacial score (nSPS) is 22.2. The molecule has 0 aromatic rings. The van der Waals surface area contributed by atoms with Gasteiger partial charge in [0.1, 0.15) is 12.5 Å². The lowest BCUT2D eigenvalue weighted by Crippen LogP contribution is -2.45. The third-order valence-corrected chi connectivity index (χ3v) is 1.87. The molecule has 0 fully saturated rings. The van der Waals surface area contributed by atoms with E-state index in [2.05, 4.69) is 10.5 Å². The summed E-state index contributed by atoms with van der Waals surface area (Å²) in [6.07, 6.45) is -2.17. The number of nitrogens with zero attached hydrogens (tertiary/aromatic N) is 2. The molecule has 0 aromatic heterocycles. The maximum atomic E-state index is 12.2. The van der Waals surface area contributed by atoms with Crippen molar-refractivity contribution in [2.45, 2.75) is 38.7 Å². The van der Waals surface area contributed by atoms with Gasteiger partial charge in [-0.05, 0) is 12.8 Å². The van der Waals surface area contributed by atoms with Gasteiger partial charge in [0, 0.05) is 0 Å². The molecule has 6 heteroatoms. The Balaban J connectivity index is 2.48. The van der Waals surface area contributed by atoms with Gasteiger partial charge in [-0.1, -0.05) is 13.3 Å². The average Bonchev–Trinajstić information content (AvgIpc) is 2.47. The Morgan fingerprint density at radius 2 is 2.23 bits per heavy atom. The van der Waals surface area contributed by atoms with Crippen LogP contribution in [-0.2, 0) is 0 Å². The highest BCUT2D eigenvalue weighted by Gasteiger charge is 2.42. The summed E-state index contributed by atoms with van der Waals surface area (Å²) >= 11 is 0. The van der Waals surface area contributed by atoms with Crippen LogP contribution in [-0.4, -0.2) is 23.7 Å². The first-order valence-electron chi connectivity index (χ1n) is 4.19. The molecule has 0 aromatic carbocycles. The second kappa shape index (κ2) is 3.85. The van der Waals surface area contributed by atoms with Gasteiger partial charge < -0.3 is 0 Å². The number of nitrogens with one attached hydrogen (secondary N) is 1. The van der Waals surface area contributed by atoms with Crippen LogP contribution in [0.2, 0.25) is 0 Å². The van der Waals surface area contributed by atoms with E-state index in [0.717, 1.165) is 19.2 Å². The molecular formula is C7H12F3N3. The third kappa shape index (κ3) is 2.50. The molecule has 0 saturated carbocycles. The van der Waals surface area contributed by atoms with Crippen molar-refractivity contribution in [3.05, 3.63) is 0 Å². The Hall–Kier alpha value is -0.940. The van der Waals surface area contributed by atoms with Crippen molar-refractivity contribution in [1.82, 2.24) is 10.3 Å². The molecule has 0 amide bonds. The molecule has 76 valence electrons. The van der Waals surface area contributed by atoms with E-state index in [1.807, 2.05) is 6.92 Å². The summed E-state index contributed by atoms with van der Waals surface area (Å²) in [5.41, 5.74) is 2.42. The monoisotopic (exact) mass is 195 g/mol. The van der Waals surface area contributed by atoms with E-state index in [0.29, 0.717) is 11.3 Å². The van der Waals surface area contributed by atoms with Gasteiger partial charge in [0.25, 0.3) is 0 Å². The number of alkyl halides is 3. The Morgan fingerprint density at radius 3 is 2.77 bits per heavy atom. The van der Waals surface area contributed by atoms with Crippen molar-refractivity contribution in [3.63, 3.8) is 0 Å². The lowest BCUT2D eigenvalue weighted by molar-refractivity contribution is -0.226. The van der Waals surface area contributed by atoms with E-state index in [9.17, 15) is 13.2 Å². The van der Waals surface area contributed by atoms with Crippen molar-refractivity contribution in [1.29, 1.82) is 0 Å². The van der Waals surface area contributed by atoms with Crippen molar-refractivity contribution in [3.8, 4) is 0 Å². The van der Waals surface area contributed by atoms with Gasteiger partial charge in [-0.25, -0.2) is 0 Å². The predicted molar refractivity (Wildman–Crippen MR) is 42.8 cm³/mol. The lowest BCUT2D eigenvalue weighted by atomic mass is 10.2. The van der Waals surface area contributed by atoms with E-state index in [1.165, 1.54) is 0 Å². The molecule has 0 radical (unpaired) electrons. The van der Waals surface area contributed by atoms with Crippen molar-refractivity contribution >= 4 is 6.34 Å². The lowest BCUT2D eigenvalue weighted by Gasteiger charge is -2.25. The number of unbranched alkanes of at least 4 members (excludes halogenated alkanes) is 1. The Labute approximate surface area is 74.6 Å². The molecule has 1 aliphatic heterocycles. The fourth-order valence-electron chi connectivity index (χ4n) is 1.17. The van der Waals surface area contributed by atoms with Crippen LogP contribution in [0, 0.1) is 0 Å². The minimum Gasteiger partial charge on any atom is -0.286 e. The van der Waals surface area contributed by atoms with Gasteiger partial charge in [0.05, 0.1) is 0 Å². The molecular weight excluding hydrogens is 183 g/mol. The van der Waals surface area contributed by atoms with Gasteiger partial charge in [0.15, 0.2) is 0 Å². The van der Waals surface area contributed by atoms with Gasteiger partial charge in [-0.3, -0.25) is 10.3 Å². The van der Waals surface area contributed by atoms with Crippen molar-refractivity contribution < 1.29 is 13.2 Å². The van der Waals surface area contributed by atoms with Crippen LogP contribution >= 0.6 is 0 Å². The van der Waals surface area contributed by atoms with Gasteiger partial charge >= 0.3 is 6.30 Å². The third-order valence-electron chi connectivity index (χ3n) is 1.87. The van der Waals surface area contributed by atoms with Gasteiger partial charge in [-0.2, -0.15) is 5.10 Å². The molecule has 1 rings (SSSR count). The molecule has 0 spiro atoms. The second-order valence-corrected chi connectivity index (χ2v) is 2.91. The minimum atomic E-state index is -4.33. The van der Waals surface area contributed by atoms with Crippen LogP contribution in [0.15, 0.2) is 5.10 Å². The van der Waals surface area contributed by atoms with E-state index in [1.54, 1.807) is 0 Å². The van der Waals surface area contributed by atoms with Crippen LogP contribution < -0.4 is 5.43 Å². The summed E-state index contributed by atoms with van der Waals surface area (Å²) in [5.74, 6) is 0. The summed E-state index contributed by atoms with van der Waals surface area (Å²) in [6, 6.07) is 0. The molecule has 3 nitrogen and oxygen atoms in total. The van der Waals surface area contributed by atoms with Crippen LogP contribution in [0.3, 0.4) is 0 Å². The van der Waals surface area contributed by atoms with Crippen LogP contribution in [0.1, 0.15) is 26.2 Å². The maximum absolute atomic E-state index is 12.2. The quantitative estimate of drug-likeness (QED) is 0.696. The first kappa shape index (κ1) is 10.1. The second-order valence-electron chi connectivity index (χ2n) is 2.91. The summed E-state index contributed by atoms with van der Waals surface area (Å²) in [7, 11) is 0. The Morgan fingerprint density at radius 1 is 1.54 bits per heavy atom. The number of hydrazone groups is 1. The molecule has 0 bridgehead atoms. The molecule has 1 aliphatic rings. The molecule has 0 aliphatic carbocycles. The Bertz CT molecular complexity index is 190. The SMILES string of the molecule is CCCCC1NN=CN1C(F)(F)F. The standard InChI is InChI=1S/C7H12F3N3/c1-2-3-4-6-12-11-5-13(6)7(8,9)10/h5-6,12H,2-4H2,1H3. The van der Waals surface area contributed by atoms with E-state index in [4.69, 9.17) is 0 Å². The zero-order valence-electron chi connectivity index (χ0n) is 7.30. The fourth-order valence-corrected chi connectivity index (χ4v) is 1.17. The molecule has 1 heterocycles. The number of hydrogen-bond acceptors (Lipinski definition) is 3. The minimum absolute atomic E-state index is 0.294. The van der Waals surface area contributed by atoms with E-state index < -0.39 is 12.5 Å². The fraction of sp³-hybridized carbons (Fsp3) is 0.857. The van der Waals surface area contributed by atoms with E-state index >= 15 is 0 Å². The topological polar surface area (TPSA) is 27.6 Å². The van der Waals surface area contributed by atoms with Crippen LogP contribution in [0.5, 0.6) is 0 Å². The number of hydrogen-bond donors (Lipinski definition) is 1. The highest BCUT2D eigenvalue weighted by Crippen LogP contribution is 2.25. The molecule has 1 unspecified atom stereocenters. The predicted octanol–water partition coefficient (Wildman–Crippen LogP) is 1.87. The number of halogens is 3. The first-order chi connectivity index (χ1) is 6.05. The van der Waals surface area contributed by atoms with Crippen molar-refractivity contribution in [2.75, 3.05) is 0 Å². The van der Waals surface area contributed by atoms with Gasteiger partial charge in [-0.15, -0.1) is 13.2 Å². The summed E-state index contributed by atoms with van der Waals surface area (Å²) in [6.45, 7) is 1.94. The number of rotatable bonds is 3. The van der Waals surface area contributed by atoms with Crippen LogP contribution in [0.4, 0.5) is 13.2 Å². The molecule has 1 N–H and O–H groups in total. The maximum Gasteiger partial charge on any atom is 0.487 e. The average molecular weight is 195 g/mol.